The van der Waals surface area contributed by atoms with Crippen molar-refractivity contribution < 1.29 is 27.1 Å². The molecule has 0 saturated carbocycles. The second-order valence-electron chi connectivity index (χ2n) is 6.48. The van der Waals surface area contributed by atoms with Gasteiger partial charge >= 0.3 is 0 Å². The molecule has 1 amide bonds. The molecule has 2 heterocycles. The fraction of sp³-hybridized carbons (Fsp3) is 0.250. The number of methoxy groups -OCH3 is 1. The molecule has 4 rings (SSSR count). The smallest absolute Gasteiger partial charge is 0.291 e. The lowest BCUT2D eigenvalue weighted by molar-refractivity contribution is 0.0730. The minimum absolute atomic E-state index is 0.134. The Morgan fingerprint density at radius 1 is 1.10 bits per heavy atom. The molecule has 29 heavy (non-hydrogen) atoms. The zero-order valence-electron chi connectivity index (χ0n) is 15.8. The largest absolute Gasteiger partial charge is 0.493 e. The molecule has 0 unspecified atom stereocenters. The van der Waals surface area contributed by atoms with Gasteiger partial charge in [0.05, 0.1) is 25.2 Å². The molecule has 3 aromatic rings. The summed E-state index contributed by atoms with van der Waals surface area (Å²) in [6.45, 7) is 1.43. The van der Waals surface area contributed by atoms with E-state index < -0.39 is 15.9 Å². The summed E-state index contributed by atoms with van der Waals surface area (Å²) in [6, 6.07) is 13.1. The lowest BCUT2D eigenvalue weighted by Gasteiger charge is -2.26. The number of benzene rings is 2. The Balaban J connectivity index is 1.51. The van der Waals surface area contributed by atoms with Crippen molar-refractivity contribution in [3.8, 4) is 5.75 Å². The second kappa shape index (κ2) is 7.86. The molecular weight excluding hydrogens is 396 g/mol. The molecule has 8 nitrogen and oxygen atoms in total. The van der Waals surface area contributed by atoms with Crippen molar-refractivity contribution in [2.75, 3.05) is 38.7 Å². The van der Waals surface area contributed by atoms with Crippen LogP contribution in [0.3, 0.4) is 0 Å². The van der Waals surface area contributed by atoms with Gasteiger partial charge in [0, 0.05) is 24.2 Å². The number of rotatable bonds is 5. The van der Waals surface area contributed by atoms with Crippen LogP contribution in [0.5, 0.6) is 5.75 Å². The molecule has 0 radical (unpaired) electrons. The van der Waals surface area contributed by atoms with Gasteiger partial charge in [0.2, 0.25) is 10.0 Å². The SMILES string of the molecule is COc1cccc2cc(C(=O)Nc3ccc(S(=O)(=O)N4CCOCC4)cc3)oc12. The number of ether oxygens (including phenoxy) is 2. The number of hydrogen-bond acceptors (Lipinski definition) is 6. The van der Waals surface area contributed by atoms with Crippen molar-refractivity contribution in [2.24, 2.45) is 0 Å². The van der Waals surface area contributed by atoms with E-state index in [9.17, 15) is 13.2 Å². The zero-order valence-corrected chi connectivity index (χ0v) is 16.6. The number of amides is 1. The highest BCUT2D eigenvalue weighted by molar-refractivity contribution is 7.89. The average Bonchev–Trinajstić information content (AvgIpc) is 3.19. The van der Waals surface area contributed by atoms with Gasteiger partial charge in [-0.3, -0.25) is 4.79 Å². The topological polar surface area (TPSA) is 98.1 Å². The molecule has 1 aromatic heterocycles. The number of fused-ring (bicyclic) bond motifs is 1. The quantitative estimate of drug-likeness (QED) is 0.687. The molecule has 1 fully saturated rings. The molecule has 0 spiro atoms. The van der Waals surface area contributed by atoms with Gasteiger partial charge in [-0.1, -0.05) is 12.1 Å². The molecule has 1 saturated heterocycles. The van der Waals surface area contributed by atoms with Crippen LogP contribution in [0.25, 0.3) is 11.0 Å². The van der Waals surface area contributed by atoms with E-state index in [0.29, 0.717) is 43.3 Å². The molecule has 0 atom stereocenters. The van der Waals surface area contributed by atoms with Crippen LogP contribution in [0, 0.1) is 0 Å². The van der Waals surface area contributed by atoms with Crippen LogP contribution in [-0.4, -0.2) is 52.0 Å². The summed E-state index contributed by atoms with van der Waals surface area (Å²) in [4.78, 5) is 12.7. The van der Waals surface area contributed by atoms with Gasteiger partial charge in [-0.25, -0.2) is 8.42 Å². The van der Waals surface area contributed by atoms with Crippen LogP contribution < -0.4 is 10.1 Å². The third-order valence-electron chi connectivity index (χ3n) is 4.67. The van der Waals surface area contributed by atoms with Crippen molar-refractivity contribution in [1.29, 1.82) is 0 Å². The standard InChI is InChI=1S/C20H20N2O6S/c1-26-17-4-2-3-14-13-18(28-19(14)17)20(23)21-15-5-7-16(8-6-15)29(24,25)22-9-11-27-12-10-22/h2-8,13H,9-12H2,1H3,(H,21,23). The normalized spacial score (nSPS) is 15.3. The Bertz CT molecular complexity index is 1130. The van der Waals surface area contributed by atoms with Crippen molar-refractivity contribution >= 4 is 32.6 Å². The van der Waals surface area contributed by atoms with E-state index in [1.165, 1.54) is 23.5 Å². The Morgan fingerprint density at radius 3 is 2.52 bits per heavy atom. The number of para-hydroxylation sites is 1. The maximum Gasteiger partial charge on any atom is 0.291 e. The maximum atomic E-state index is 12.7. The third kappa shape index (κ3) is 3.84. The zero-order chi connectivity index (χ0) is 20.4. The predicted octanol–water partition coefficient (Wildman–Crippen LogP) is 2.71. The summed E-state index contributed by atoms with van der Waals surface area (Å²) in [5, 5.41) is 3.46. The second-order valence-corrected chi connectivity index (χ2v) is 8.42. The first kappa shape index (κ1) is 19.4. The highest BCUT2D eigenvalue weighted by atomic mass is 32.2. The van der Waals surface area contributed by atoms with E-state index in [1.807, 2.05) is 12.1 Å². The molecular formula is C20H20N2O6S. The van der Waals surface area contributed by atoms with Crippen LogP contribution in [0.15, 0.2) is 57.8 Å². The van der Waals surface area contributed by atoms with Crippen LogP contribution >= 0.6 is 0 Å². The molecule has 152 valence electrons. The number of furan rings is 1. The molecule has 2 aromatic carbocycles. The molecule has 9 heteroatoms. The lowest BCUT2D eigenvalue weighted by Crippen LogP contribution is -2.40. The summed E-state index contributed by atoms with van der Waals surface area (Å²) in [5.41, 5.74) is 0.954. The number of carbonyl (C=O) groups excluding carboxylic acids is 1. The molecule has 1 aliphatic rings. The number of sulfonamides is 1. The summed E-state index contributed by atoms with van der Waals surface area (Å²) in [6.07, 6.45) is 0. The molecule has 1 N–H and O–H groups in total. The van der Waals surface area contributed by atoms with Crippen LogP contribution in [0.1, 0.15) is 10.6 Å². The molecule has 0 bridgehead atoms. The minimum atomic E-state index is -3.58. The maximum absolute atomic E-state index is 12.7. The molecule has 1 aliphatic heterocycles. The Labute approximate surface area is 168 Å². The number of nitrogens with one attached hydrogen (secondary N) is 1. The first-order chi connectivity index (χ1) is 14.0. The Hall–Kier alpha value is -2.88. The van der Waals surface area contributed by atoms with Crippen LogP contribution in [-0.2, 0) is 14.8 Å². The van der Waals surface area contributed by atoms with Gasteiger partial charge in [-0.2, -0.15) is 4.31 Å². The van der Waals surface area contributed by atoms with E-state index in [-0.39, 0.29) is 10.7 Å². The van der Waals surface area contributed by atoms with E-state index in [4.69, 9.17) is 13.9 Å². The minimum Gasteiger partial charge on any atom is -0.493 e. The predicted molar refractivity (Wildman–Crippen MR) is 107 cm³/mol. The number of nitrogens with zero attached hydrogens (tertiary/aromatic N) is 1. The fourth-order valence-electron chi connectivity index (χ4n) is 3.15. The van der Waals surface area contributed by atoms with Gasteiger partial charge in [-0.15, -0.1) is 0 Å². The lowest BCUT2D eigenvalue weighted by atomic mass is 10.2. The monoisotopic (exact) mass is 416 g/mol. The van der Waals surface area contributed by atoms with E-state index >= 15 is 0 Å². The van der Waals surface area contributed by atoms with Crippen molar-refractivity contribution in [2.45, 2.75) is 4.90 Å². The fourth-order valence-corrected chi connectivity index (χ4v) is 4.56. The number of carbonyl (C=O) groups is 1. The Morgan fingerprint density at radius 2 is 1.83 bits per heavy atom. The van der Waals surface area contributed by atoms with Crippen molar-refractivity contribution in [3.63, 3.8) is 0 Å². The van der Waals surface area contributed by atoms with Crippen molar-refractivity contribution in [1.82, 2.24) is 4.31 Å². The summed E-state index contributed by atoms with van der Waals surface area (Å²) in [5.74, 6) is 0.237. The number of hydrogen-bond donors (Lipinski definition) is 1. The van der Waals surface area contributed by atoms with Gasteiger partial charge < -0.3 is 19.2 Å². The summed E-state index contributed by atoms with van der Waals surface area (Å²) >= 11 is 0. The molecule has 0 aliphatic carbocycles. The van der Waals surface area contributed by atoms with E-state index in [0.717, 1.165) is 5.39 Å². The Kier molecular flexibility index (Phi) is 5.27. The van der Waals surface area contributed by atoms with Gasteiger partial charge in [0.15, 0.2) is 17.1 Å². The van der Waals surface area contributed by atoms with Gasteiger partial charge in [0.25, 0.3) is 5.91 Å². The number of anilines is 1. The van der Waals surface area contributed by atoms with Crippen LogP contribution in [0.2, 0.25) is 0 Å². The highest BCUT2D eigenvalue weighted by Crippen LogP contribution is 2.29. The summed E-state index contributed by atoms with van der Waals surface area (Å²) in [7, 11) is -2.04. The summed E-state index contributed by atoms with van der Waals surface area (Å²) < 4.78 is 42.8. The van der Waals surface area contributed by atoms with E-state index in [2.05, 4.69) is 5.32 Å². The first-order valence-corrected chi connectivity index (χ1v) is 10.5. The highest BCUT2D eigenvalue weighted by Gasteiger charge is 2.26. The van der Waals surface area contributed by atoms with Crippen LogP contribution in [0.4, 0.5) is 5.69 Å². The first-order valence-electron chi connectivity index (χ1n) is 9.05. The van der Waals surface area contributed by atoms with E-state index in [1.54, 1.807) is 24.3 Å². The third-order valence-corrected chi connectivity index (χ3v) is 6.58. The van der Waals surface area contributed by atoms with Gasteiger partial charge in [0.1, 0.15) is 0 Å². The number of morpholine rings is 1. The average molecular weight is 416 g/mol. The van der Waals surface area contributed by atoms with Crippen molar-refractivity contribution in [3.05, 3.63) is 54.3 Å². The van der Waals surface area contributed by atoms with Gasteiger partial charge in [-0.05, 0) is 36.4 Å².